The Balaban J connectivity index is 1.67. The molecule has 0 radical (unpaired) electrons. The second kappa shape index (κ2) is 5.47. The molecular weight excluding hydrogens is 248 g/mol. The minimum absolute atomic E-state index is 0.362. The van der Waals surface area contributed by atoms with Crippen molar-refractivity contribution in [3.63, 3.8) is 0 Å². The number of fused-ring (bicyclic) bond motifs is 1. The summed E-state index contributed by atoms with van der Waals surface area (Å²) >= 11 is 0. The topological polar surface area (TPSA) is 49.5 Å². The van der Waals surface area contributed by atoms with Crippen molar-refractivity contribution < 1.29 is 5.11 Å². The van der Waals surface area contributed by atoms with E-state index in [9.17, 15) is 5.11 Å². The molecule has 0 spiro atoms. The van der Waals surface area contributed by atoms with Crippen LogP contribution in [-0.2, 0) is 5.60 Å². The molecule has 1 aromatic carbocycles. The SMILES string of the molecule is CC(O)(CN1CC2CCCC(N)C2C1)c1ccccc1. The number of nitrogens with zero attached hydrogens (tertiary/aromatic N) is 1. The average molecular weight is 274 g/mol. The number of aliphatic hydroxyl groups is 1. The maximum atomic E-state index is 10.8. The zero-order chi connectivity index (χ0) is 14.2. The van der Waals surface area contributed by atoms with E-state index in [-0.39, 0.29) is 0 Å². The lowest BCUT2D eigenvalue weighted by atomic mass is 9.78. The molecule has 4 unspecified atom stereocenters. The van der Waals surface area contributed by atoms with Crippen LogP contribution in [0.2, 0.25) is 0 Å². The summed E-state index contributed by atoms with van der Waals surface area (Å²) in [6.07, 6.45) is 3.75. The fourth-order valence-corrected chi connectivity index (χ4v) is 4.06. The average Bonchev–Trinajstić information content (AvgIpc) is 2.83. The van der Waals surface area contributed by atoms with Gasteiger partial charge in [0, 0.05) is 25.7 Å². The number of hydrogen-bond acceptors (Lipinski definition) is 3. The summed E-state index contributed by atoms with van der Waals surface area (Å²) in [5.74, 6) is 1.38. The molecule has 1 saturated carbocycles. The van der Waals surface area contributed by atoms with E-state index in [4.69, 9.17) is 5.73 Å². The van der Waals surface area contributed by atoms with Gasteiger partial charge in [-0.05, 0) is 37.2 Å². The zero-order valence-electron chi connectivity index (χ0n) is 12.3. The molecule has 3 heteroatoms. The van der Waals surface area contributed by atoms with E-state index in [1.54, 1.807) is 0 Å². The Morgan fingerprint density at radius 3 is 2.70 bits per heavy atom. The molecule has 0 bridgehead atoms. The third-order valence-electron chi connectivity index (χ3n) is 5.16. The first-order chi connectivity index (χ1) is 9.56. The summed E-state index contributed by atoms with van der Waals surface area (Å²) in [5.41, 5.74) is 6.49. The van der Waals surface area contributed by atoms with Crippen LogP contribution in [0.25, 0.3) is 0 Å². The van der Waals surface area contributed by atoms with Crippen molar-refractivity contribution >= 4 is 0 Å². The summed E-state index contributed by atoms with van der Waals surface area (Å²) in [6, 6.07) is 10.3. The van der Waals surface area contributed by atoms with E-state index in [0.717, 1.165) is 24.6 Å². The molecule has 2 fully saturated rings. The summed E-state index contributed by atoms with van der Waals surface area (Å²) in [6.45, 7) is 4.77. The molecule has 3 rings (SSSR count). The van der Waals surface area contributed by atoms with Crippen LogP contribution in [0, 0.1) is 11.8 Å². The van der Waals surface area contributed by atoms with Crippen LogP contribution in [0.3, 0.4) is 0 Å². The van der Waals surface area contributed by atoms with Crippen LogP contribution in [0.4, 0.5) is 0 Å². The van der Waals surface area contributed by atoms with Gasteiger partial charge in [-0.25, -0.2) is 0 Å². The quantitative estimate of drug-likeness (QED) is 0.886. The molecule has 2 aliphatic rings. The van der Waals surface area contributed by atoms with Gasteiger partial charge in [0.25, 0.3) is 0 Å². The van der Waals surface area contributed by atoms with Crippen LogP contribution in [-0.4, -0.2) is 35.7 Å². The van der Waals surface area contributed by atoms with E-state index < -0.39 is 5.60 Å². The molecule has 1 aromatic rings. The van der Waals surface area contributed by atoms with Gasteiger partial charge in [0.1, 0.15) is 0 Å². The molecule has 1 heterocycles. The largest absolute Gasteiger partial charge is 0.384 e. The monoisotopic (exact) mass is 274 g/mol. The minimum Gasteiger partial charge on any atom is -0.384 e. The van der Waals surface area contributed by atoms with Crippen molar-refractivity contribution in [1.29, 1.82) is 0 Å². The smallest absolute Gasteiger partial charge is 0.0994 e. The van der Waals surface area contributed by atoms with Gasteiger partial charge in [-0.15, -0.1) is 0 Å². The Kier molecular flexibility index (Phi) is 3.85. The van der Waals surface area contributed by atoms with Crippen LogP contribution in [0.15, 0.2) is 30.3 Å². The van der Waals surface area contributed by atoms with Crippen molar-refractivity contribution in [2.24, 2.45) is 17.6 Å². The molecule has 0 amide bonds. The second-order valence-electron chi connectivity index (χ2n) is 6.85. The molecule has 4 atom stereocenters. The van der Waals surface area contributed by atoms with E-state index in [0.29, 0.717) is 18.5 Å². The van der Waals surface area contributed by atoms with Crippen molar-refractivity contribution in [3.8, 4) is 0 Å². The molecule has 3 N–H and O–H groups in total. The van der Waals surface area contributed by atoms with Crippen LogP contribution in [0.5, 0.6) is 0 Å². The molecule has 0 aromatic heterocycles. The van der Waals surface area contributed by atoms with Gasteiger partial charge in [0.05, 0.1) is 5.60 Å². The van der Waals surface area contributed by atoms with Gasteiger partial charge in [0.15, 0.2) is 0 Å². The highest BCUT2D eigenvalue weighted by atomic mass is 16.3. The Hall–Kier alpha value is -0.900. The Morgan fingerprint density at radius 2 is 2.00 bits per heavy atom. The molecule has 1 aliphatic carbocycles. The maximum Gasteiger partial charge on any atom is 0.0994 e. The van der Waals surface area contributed by atoms with E-state index in [1.807, 2.05) is 37.3 Å². The molecule has 1 saturated heterocycles. The highest BCUT2D eigenvalue weighted by molar-refractivity contribution is 5.22. The number of benzene rings is 1. The molecule has 20 heavy (non-hydrogen) atoms. The Labute approximate surface area is 121 Å². The van der Waals surface area contributed by atoms with E-state index >= 15 is 0 Å². The van der Waals surface area contributed by atoms with Crippen molar-refractivity contribution in [1.82, 2.24) is 4.90 Å². The first kappa shape index (κ1) is 14.1. The fraction of sp³-hybridized carbons (Fsp3) is 0.647. The Morgan fingerprint density at radius 1 is 1.25 bits per heavy atom. The standard InChI is InChI=1S/C17H26N2O/c1-17(20,14-7-3-2-4-8-14)12-19-10-13-6-5-9-16(18)15(13)11-19/h2-4,7-8,13,15-16,20H,5-6,9-12,18H2,1H3. The molecule has 110 valence electrons. The first-order valence-corrected chi connectivity index (χ1v) is 7.82. The highest BCUT2D eigenvalue weighted by Crippen LogP contribution is 2.36. The van der Waals surface area contributed by atoms with E-state index in [2.05, 4.69) is 4.90 Å². The predicted octanol–water partition coefficient (Wildman–Crippen LogP) is 1.95. The third kappa shape index (κ3) is 2.76. The van der Waals surface area contributed by atoms with Crippen molar-refractivity contribution in [2.45, 2.75) is 37.8 Å². The van der Waals surface area contributed by atoms with Gasteiger partial charge in [0.2, 0.25) is 0 Å². The molecule has 1 aliphatic heterocycles. The highest BCUT2D eigenvalue weighted by Gasteiger charge is 2.40. The summed E-state index contributed by atoms with van der Waals surface area (Å²) < 4.78 is 0. The molecular formula is C17H26N2O. The van der Waals surface area contributed by atoms with Gasteiger partial charge < -0.3 is 10.8 Å². The van der Waals surface area contributed by atoms with Gasteiger partial charge in [-0.1, -0.05) is 36.8 Å². The first-order valence-electron chi connectivity index (χ1n) is 7.82. The summed E-state index contributed by atoms with van der Waals surface area (Å²) in [7, 11) is 0. The van der Waals surface area contributed by atoms with Crippen LogP contribution < -0.4 is 5.73 Å². The fourth-order valence-electron chi connectivity index (χ4n) is 4.06. The number of rotatable bonds is 3. The number of β-amino-alcohol motifs (C(OH)–C–C–N with tert-alkyl or cyclic N) is 1. The Bertz CT molecular complexity index is 446. The maximum absolute atomic E-state index is 10.8. The van der Waals surface area contributed by atoms with Gasteiger partial charge in [-0.3, -0.25) is 4.90 Å². The third-order valence-corrected chi connectivity index (χ3v) is 5.16. The van der Waals surface area contributed by atoms with Crippen LogP contribution >= 0.6 is 0 Å². The van der Waals surface area contributed by atoms with Crippen molar-refractivity contribution in [3.05, 3.63) is 35.9 Å². The van der Waals surface area contributed by atoms with Crippen molar-refractivity contribution in [2.75, 3.05) is 19.6 Å². The minimum atomic E-state index is -0.779. The number of nitrogens with two attached hydrogens (primary N) is 1. The summed E-state index contributed by atoms with van der Waals surface area (Å²) in [5, 5.41) is 10.8. The zero-order valence-corrected chi connectivity index (χ0v) is 12.3. The van der Waals surface area contributed by atoms with Crippen LogP contribution in [0.1, 0.15) is 31.7 Å². The molecule has 3 nitrogen and oxygen atoms in total. The van der Waals surface area contributed by atoms with Gasteiger partial charge >= 0.3 is 0 Å². The lowest BCUT2D eigenvalue weighted by Gasteiger charge is -2.30. The second-order valence-corrected chi connectivity index (χ2v) is 6.85. The predicted molar refractivity (Wildman–Crippen MR) is 81.3 cm³/mol. The lowest BCUT2D eigenvalue weighted by molar-refractivity contribution is 0.0210. The number of likely N-dealkylation sites (tertiary alicyclic amines) is 1. The lowest BCUT2D eigenvalue weighted by Crippen LogP contribution is -2.40. The summed E-state index contributed by atoms with van der Waals surface area (Å²) in [4.78, 5) is 2.41. The van der Waals surface area contributed by atoms with E-state index in [1.165, 1.54) is 19.3 Å². The van der Waals surface area contributed by atoms with Gasteiger partial charge in [-0.2, -0.15) is 0 Å². The number of hydrogen-bond donors (Lipinski definition) is 2. The normalized spacial score (nSPS) is 33.6.